The number of unbranched alkanes of at least 4 members (excludes halogenated alkanes) is 1. The van der Waals surface area contributed by atoms with Gasteiger partial charge in [-0.05, 0) is 37.6 Å². The van der Waals surface area contributed by atoms with E-state index in [0.29, 0.717) is 29.9 Å². The fraction of sp³-hybridized carbons (Fsp3) is 0.333. The van der Waals surface area contributed by atoms with E-state index < -0.39 is 0 Å². The highest BCUT2D eigenvalue weighted by molar-refractivity contribution is 5.94. The number of nitrogens with zero attached hydrogens (tertiary/aromatic N) is 1. The fourth-order valence-corrected chi connectivity index (χ4v) is 1.38. The summed E-state index contributed by atoms with van der Waals surface area (Å²) >= 11 is 0. The molecule has 1 amide bonds. The lowest BCUT2D eigenvalue weighted by Gasteiger charge is -2.08. The van der Waals surface area contributed by atoms with Gasteiger partial charge < -0.3 is 16.8 Å². The molecule has 0 aliphatic heterocycles. The summed E-state index contributed by atoms with van der Waals surface area (Å²) in [5.74, 6) is -0.111. The second kappa shape index (κ2) is 6.51. The van der Waals surface area contributed by atoms with Crippen LogP contribution in [0.1, 0.15) is 24.8 Å². The van der Waals surface area contributed by atoms with Crippen LogP contribution in [-0.2, 0) is 4.79 Å². The van der Waals surface area contributed by atoms with E-state index in [9.17, 15) is 4.79 Å². The maximum Gasteiger partial charge on any atom is 0.224 e. The molecule has 0 saturated heterocycles. The molecule has 0 spiro atoms. The van der Waals surface area contributed by atoms with Gasteiger partial charge >= 0.3 is 0 Å². The molecular weight excluding hydrogens is 216 g/mol. The number of hydrogen-bond acceptors (Lipinski definition) is 4. The van der Waals surface area contributed by atoms with E-state index in [2.05, 4.69) is 5.32 Å². The predicted molar refractivity (Wildman–Crippen MR) is 67.1 cm³/mol. The Morgan fingerprint density at radius 2 is 2.18 bits per heavy atom. The van der Waals surface area contributed by atoms with Gasteiger partial charge in [0.05, 0.1) is 23.0 Å². The highest BCUT2D eigenvalue weighted by Gasteiger charge is 2.05. The van der Waals surface area contributed by atoms with Crippen molar-refractivity contribution in [3.05, 3.63) is 23.8 Å². The van der Waals surface area contributed by atoms with Crippen LogP contribution in [-0.4, -0.2) is 12.5 Å². The third-order valence-corrected chi connectivity index (χ3v) is 2.31. The molecule has 5 nitrogen and oxygen atoms in total. The first-order valence-electron chi connectivity index (χ1n) is 5.47. The van der Waals surface area contributed by atoms with Crippen LogP contribution < -0.4 is 16.8 Å². The zero-order valence-corrected chi connectivity index (χ0v) is 9.57. The van der Waals surface area contributed by atoms with Gasteiger partial charge in [-0.25, -0.2) is 0 Å². The van der Waals surface area contributed by atoms with Gasteiger partial charge in [0, 0.05) is 6.42 Å². The van der Waals surface area contributed by atoms with Crippen molar-refractivity contribution in [2.75, 3.05) is 17.6 Å². The minimum Gasteiger partial charge on any atom is -0.397 e. The van der Waals surface area contributed by atoms with Gasteiger partial charge in [-0.2, -0.15) is 5.26 Å². The lowest BCUT2D eigenvalue weighted by atomic mass is 10.1. The van der Waals surface area contributed by atoms with Crippen molar-refractivity contribution in [3.8, 4) is 6.07 Å². The normalized spacial score (nSPS) is 9.65. The molecule has 0 fully saturated rings. The monoisotopic (exact) mass is 232 g/mol. The summed E-state index contributed by atoms with van der Waals surface area (Å²) < 4.78 is 0. The third-order valence-electron chi connectivity index (χ3n) is 2.31. The second-order valence-corrected chi connectivity index (χ2v) is 3.71. The Balaban J connectivity index is 2.61. The summed E-state index contributed by atoms with van der Waals surface area (Å²) in [6, 6.07) is 6.78. The molecule has 0 aliphatic carbocycles. The molecular formula is C12H16N4O. The number of nitriles is 1. The van der Waals surface area contributed by atoms with E-state index in [1.54, 1.807) is 18.2 Å². The molecule has 1 aromatic rings. The SMILES string of the molecule is N#Cc1ccc(N)c(NC(=O)CCCCN)c1. The summed E-state index contributed by atoms with van der Waals surface area (Å²) in [7, 11) is 0. The molecule has 0 aliphatic rings. The number of nitrogens with one attached hydrogen (secondary N) is 1. The van der Waals surface area contributed by atoms with E-state index in [1.807, 2.05) is 6.07 Å². The van der Waals surface area contributed by atoms with Gasteiger partial charge in [-0.3, -0.25) is 4.79 Å². The second-order valence-electron chi connectivity index (χ2n) is 3.71. The van der Waals surface area contributed by atoms with Crippen molar-refractivity contribution in [2.45, 2.75) is 19.3 Å². The number of carbonyl (C=O) groups is 1. The lowest BCUT2D eigenvalue weighted by Crippen LogP contribution is -2.13. The van der Waals surface area contributed by atoms with Gasteiger partial charge in [0.15, 0.2) is 0 Å². The molecule has 0 saturated carbocycles. The number of nitrogens with two attached hydrogens (primary N) is 2. The van der Waals surface area contributed by atoms with Crippen molar-refractivity contribution >= 4 is 17.3 Å². The van der Waals surface area contributed by atoms with Crippen LogP contribution in [0.3, 0.4) is 0 Å². The molecule has 0 radical (unpaired) electrons. The Morgan fingerprint density at radius 1 is 1.41 bits per heavy atom. The first-order chi connectivity index (χ1) is 8.17. The van der Waals surface area contributed by atoms with Crippen LogP contribution >= 0.6 is 0 Å². The largest absolute Gasteiger partial charge is 0.397 e. The number of rotatable bonds is 5. The van der Waals surface area contributed by atoms with Crippen molar-refractivity contribution < 1.29 is 4.79 Å². The molecule has 90 valence electrons. The lowest BCUT2D eigenvalue weighted by molar-refractivity contribution is -0.116. The first kappa shape index (κ1) is 13.0. The van der Waals surface area contributed by atoms with Crippen molar-refractivity contribution in [1.82, 2.24) is 0 Å². The van der Waals surface area contributed by atoms with Gasteiger partial charge in [-0.1, -0.05) is 0 Å². The summed E-state index contributed by atoms with van der Waals surface area (Å²) in [6.45, 7) is 0.583. The summed E-state index contributed by atoms with van der Waals surface area (Å²) in [6.07, 6.45) is 1.98. The molecule has 0 bridgehead atoms. The Bertz CT molecular complexity index is 437. The summed E-state index contributed by atoms with van der Waals surface area (Å²) in [5, 5.41) is 11.4. The smallest absolute Gasteiger partial charge is 0.224 e. The number of anilines is 2. The van der Waals surface area contributed by atoms with Crippen molar-refractivity contribution in [1.29, 1.82) is 5.26 Å². The molecule has 1 rings (SSSR count). The van der Waals surface area contributed by atoms with E-state index in [1.165, 1.54) is 0 Å². The standard InChI is InChI=1S/C12H16N4O/c13-6-2-1-3-12(17)16-11-7-9(8-14)4-5-10(11)15/h4-5,7H,1-3,6,13,15H2,(H,16,17). The number of carbonyl (C=O) groups excluding carboxylic acids is 1. The molecule has 0 unspecified atom stereocenters. The van der Waals surface area contributed by atoms with E-state index >= 15 is 0 Å². The Labute approximate surface area is 100 Å². The molecule has 0 heterocycles. The average Bonchev–Trinajstić information content (AvgIpc) is 2.32. The Morgan fingerprint density at radius 3 is 2.82 bits per heavy atom. The van der Waals surface area contributed by atoms with E-state index in [4.69, 9.17) is 16.7 Å². The molecule has 1 aromatic carbocycles. The molecule has 5 heteroatoms. The number of amides is 1. The van der Waals surface area contributed by atoms with Crippen molar-refractivity contribution in [3.63, 3.8) is 0 Å². The minimum atomic E-state index is -0.111. The first-order valence-corrected chi connectivity index (χ1v) is 5.47. The van der Waals surface area contributed by atoms with Crippen LogP contribution in [0.25, 0.3) is 0 Å². The maximum atomic E-state index is 11.5. The van der Waals surface area contributed by atoms with Crippen molar-refractivity contribution in [2.24, 2.45) is 5.73 Å². The fourth-order valence-electron chi connectivity index (χ4n) is 1.38. The Kier molecular flexibility index (Phi) is 4.98. The number of hydrogen-bond donors (Lipinski definition) is 3. The van der Waals surface area contributed by atoms with Gasteiger partial charge in [0.2, 0.25) is 5.91 Å². The Hall–Kier alpha value is -2.06. The van der Waals surface area contributed by atoms with Crippen LogP contribution in [0.15, 0.2) is 18.2 Å². The highest BCUT2D eigenvalue weighted by atomic mass is 16.1. The average molecular weight is 232 g/mol. The summed E-state index contributed by atoms with van der Waals surface area (Å²) in [5.41, 5.74) is 12.5. The summed E-state index contributed by atoms with van der Waals surface area (Å²) in [4.78, 5) is 11.5. The number of benzene rings is 1. The van der Waals surface area contributed by atoms with Crippen LogP contribution in [0.4, 0.5) is 11.4 Å². The minimum absolute atomic E-state index is 0.111. The predicted octanol–water partition coefficient (Wildman–Crippen LogP) is 1.21. The number of nitrogen functional groups attached to an aromatic ring is 1. The molecule has 5 N–H and O–H groups in total. The quantitative estimate of drug-likeness (QED) is 0.524. The third kappa shape index (κ3) is 4.13. The van der Waals surface area contributed by atoms with Gasteiger partial charge in [0.25, 0.3) is 0 Å². The highest BCUT2D eigenvalue weighted by Crippen LogP contribution is 2.19. The molecule has 17 heavy (non-hydrogen) atoms. The maximum absolute atomic E-state index is 11.5. The van der Waals surface area contributed by atoms with Crippen LogP contribution in [0.2, 0.25) is 0 Å². The van der Waals surface area contributed by atoms with Crippen LogP contribution in [0, 0.1) is 11.3 Å². The zero-order chi connectivity index (χ0) is 12.7. The molecule has 0 atom stereocenters. The van der Waals surface area contributed by atoms with Gasteiger partial charge in [-0.15, -0.1) is 0 Å². The molecule has 0 aromatic heterocycles. The van der Waals surface area contributed by atoms with E-state index in [0.717, 1.165) is 12.8 Å². The zero-order valence-electron chi connectivity index (χ0n) is 9.57. The van der Waals surface area contributed by atoms with E-state index in [-0.39, 0.29) is 5.91 Å². The van der Waals surface area contributed by atoms with Gasteiger partial charge in [0.1, 0.15) is 0 Å². The topological polar surface area (TPSA) is 105 Å². The van der Waals surface area contributed by atoms with Crippen LogP contribution in [0.5, 0.6) is 0 Å².